The highest BCUT2D eigenvalue weighted by Crippen LogP contribution is 2.29. The van der Waals surface area contributed by atoms with Crippen molar-refractivity contribution >= 4 is 39.1 Å². The number of sulfonamides is 1. The fraction of sp³-hybridized carbons (Fsp3) is 0.278. The Hall–Kier alpha value is -4.14. The van der Waals surface area contributed by atoms with E-state index in [-0.39, 0.29) is 29.8 Å². The maximum absolute atomic E-state index is 14.6. The first kappa shape index (κ1) is 33.7. The number of benzene rings is 4. The number of carbonyl (C=O) groups excluding carboxylic acids is 2. The number of hydrogen-bond donors (Lipinski definition) is 1. The number of hydrogen-bond acceptors (Lipinski definition) is 4. The Kier molecular flexibility index (Phi) is 11.4. The lowest BCUT2D eigenvalue weighted by Crippen LogP contribution is -2.54. The second kappa shape index (κ2) is 15.2. The van der Waals surface area contributed by atoms with Gasteiger partial charge in [-0.1, -0.05) is 96.9 Å². The third-order valence-corrected chi connectivity index (χ3v) is 9.52. The van der Waals surface area contributed by atoms with Gasteiger partial charge in [0, 0.05) is 24.0 Å². The number of halogens is 1. The highest BCUT2D eigenvalue weighted by atomic mass is 35.5. The molecule has 1 N–H and O–H groups in total. The SMILES string of the molecule is CCc1ccccc1N(CC(=O)N(Cc1ccc(Cl)cc1)C(Cc1ccccc1)C(=O)NC(C)C)S(=O)(=O)c1ccc(C)cc1. The van der Waals surface area contributed by atoms with E-state index in [1.807, 2.05) is 70.2 Å². The summed E-state index contributed by atoms with van der Waals surface area (Å²) in [7, 11) is -4.17. The molecule has 0 fully saturated rings. The van der Waals surface area contributed by atoms with Crippen LogP contribution in [-0.4, -0.2) is 43.8 Å². The summed E-state index contributed by atoms with van der Waals surface area (Å²) in [5.41, 5.74) is 3.75. The zero-order valence-electron chi connectivity index (χ0n) is 26.1. The second-order valence-corrected chi connectivity index (χ2v) is 13.6. The fourth-order valence-corrected chi connectivity index (χ4v) is 6.70. The van der Waals surface area contributed by atoms with Crippen molar-refractivity contribution in [1.82, 2.24) is 10.2 Å². The zero-order valence-corrected chi connectivity index (χ0v) is 27.7. The van der Waals surface area contributed by atoms with Crippen LogP contribution in [0.5, 0.6) is 0 Å². The number of anilines is 1. The first-order valence-electron chi connectivity index (χ1n) is 15.0. The van der Waals surface area contributed by atoms with E-state index in [9.17, 15) is 18.0 Å². The van der Waals surface area contributed by atoms with Gasteiger partial charge in [-0.25, -0.2) is 8.42 Å². The predicted molar refractivity (Wildman–Crippen MR) is 181 cm³/mol. The lowest BCUT2D eigenvalue weighted by Gasteiger charge is -2.34. The topological polar surface area (TPSA) is 86.8 Å². The van der Waals surface area contributed by atoms with Gasteiger partial charge >= 0.3 is 0 Å². The molecule has 0 saturated carbocycles. The average molecular weight is 646 g/mol. The smallest absolute Gasteiger partial charge is 0.264 e. The van der Waals surface area contributed by atoms with Crippen LogP contribution in [0, 0.1) is 6.92 Å². The summed E-state index contributed by atoms with van der Waals surface area (Å²) in [6.45, 7) is 7.12. The van der Waals surface area contributed by atoms with E-state index >= 15 is 0 Å². The van der Waals surface area contributed by atoms with E-state index in [0.717, 1.165) is 22.3 Å². The number of aryl methyl sites for hydroxylation is 2. The minimum atomic E-state index is -4.17. The summed E-state index contributed by atoms with van der Waals surface area (Å²) in [5.74, 6) is -0.829. The van der Waals surface area contributed by atoms with Crippen LogP contribution in [-0.2, 0) is 39.0 Å². The molecule has 4 aromatic carbocycles. The van der Waals surface area contributed by atoms with E-state index in [1.165, 1.54) is 9.21 Å². The summed E-state index contributed by atoms with van der Waals surface area (Å²) in [5, 5.41) is 3.52. The number of para-hydroxylation sites is 1. The van der Waals surface area contributed by atoms with E-state index in [1.54, 1.807) is 60.7 Å². The van der Waals surface area contributed by atoms with Gasteiger partial charge in [-0.15, -0.1) is 0 Å². The number of amides is 2. The molecule has 4 aromatic rings. The van der Waals surface area contributed by atoms with Crippen LogP contribution in [0.2, 0.25) is 5.02 Å². The Morgan fingerprint density at radius 2 is 1.44 bits per heavy atom. The van der Waals surface area contributed by atoms with E-state index in [4.69, 9.17) is 11.6 Å². The molecule has 0 radical (unpaired) electrons. The molecular formula is C36H40ClN3O4S. The molecule has 0 saturated heterocycles. The molecule has 45 heavy (non-hydrogen) atoms. The summed E-state index contributed by atoms with van der Waals surface area (Å²) >= 11 is 6.15. The summed E-state index contributed by atoms with van der Waals surface area (Å²) in [4.78, 5) is 29.9. The molecule has 9 heteroatoms. The van der Waals surface area contributed by atoms with Crippen LogP contribution in [0.25, 0.3) is 0 Å². The Labute approximate surface area is 271 Å². The van der Waals surface area contributed by atoms with Crippen molar-refractivity contribution in [3.05, 3.63) is 130 Å². The molecule has 7 nitrogen and oxygen atoms in total. The van der Waals surface area contributed by atoms with Gasteiger partial charge in [-0.05, 0) is 74.2 Å². The Morgan fingerprint density at radius 3 is 2.07 bits per heavy atom. The summed E-state index contributed by atoms with van der Waals surface area (Å²) in [6.07, 6.45) is 0.807. The van der Waals surface area contributed by atoms with Crippen LogP contribution < -0.4 is 9.62 Å². The van der Waals surface area contributed by atoms with Crippen molar-refractivity contribution < 1.29 is 18.0 Å². The monoisotopic (exact) mass is 645 g/mol. The maximum Gasteiger partial charge on any atom is 0.264 e. The molecule has 0 aliphatic rings. The van der Waals surface area contributed by atoms with Gasteiger partial charge in [0.2, 0.25) is 11.8 Å². The lowest BCUT2D eigenvalue weighted by molar-refractivity contribution is -0.140. The van der Waals surface area contributed by atoms with Crippen LogP contribution >= 0.6 is 11.6 Å². The number of rotatable bonds is 13. The average Bonchev–Trinajstić information content (AvgIpc) is 3.02. The highest BCUT2D eigenvalue weighted by molar-refractivity contribution is 7.92. The first-order valence-corrected chi connectivity index (χ1v) is 16.9. The second-order valence-electron chi connectivity index (χ2n) is 11.3. The fourth-order valence-electron chi connectivity index (χ4n) is 5.13. The van der Waals surface area contributed by atoms with Crippen LogP contribution in [0.3, 0.4) is 0 Å². The standard InChI is InChI=1S/C36H40ClN3O4S/c1-5-30-13-9-10-14-33(30)40(45(43,44)32-21-15-27(4)16-22-32)25-35(41)39(24-29-17-19-31(37)20-18-29)34(36(42)38-26(2)3)23-28-11-7-6-8-12-28/h6-22,26,34H,5,23-25H2,1-4H3,(H,38,42). The van der Waals surface area contributed by atoms with Crippen molar-refractivity contribution in [2.75, 3.05) is 10.8 Å². The van der Waals surface area contributed by atoms with E-state index in [2.05, 4.69) is 5.32 Å². The molecule has 1 unspecified atom stereocenters. The van der Waals surface area contributed by atoms with Gasteiger partial charge < -0.3 is 10.2 Å². The van der Waals surface area contributed by atoms with E-state index < -0.39 is 28.5 Å². The van der Waals surface area contributed by atoms with Crippen molar-refractivity contribution in [1.29, 1.82) is 0 Å². The number of carbonyl (C=O) groups is 2. The minimum Gasteiger partial charge on any atom is -0.352 e. The Morgan fingerprint density at radius 1 is 0.822 bits per heavy atom. The Balaban J connectivity index is 1.83. The molecule has 1 atom stereocenters. The van der Waals surface area contributed by atoms with Gasteiger partial charge in [0.05, 0.1) is 10.6 Å². The van der Waals surface area contributed by atoms with Crippen molar-refractivity contribution in [2.24, 2.45) is 0 Å². The highest BCUT2D eigenvalue weighted by Gasteiger charge is 2.35. The first-order chi connectivity index (χ1) is 21.5. The molecule has 0 spiro atoms. The molecule has 4 rings (SSSR count). The van der Waals surface area contributed by atoms with Gasteiger partial charge in [0.1, 0.15) is 12.6 Å². The number of nitrogens with zero attached hydrogens (tertiary/aromatic N) is 2. The zero-order chi connectivity index (χ0) is 32.6. The third kappa shape index (κ3) is 8.74. The van der Waals surface area contributed by atoms with E-state index in [0.29, 0.717) is 17.1 Å². The van der Waals surface area contributed by atoms with Crippen molar-refractivity contribution in [2.45, 2.75) is 64.1 Å². The van der Waals surface area contributed by atoms with Crippen molar-refractivity contribution in [3.63, 3.8) is 0 Å². The van der Waals surface area contributed by atoms with Gasteiger partial charge in [-0.3, -0.25) is 13.9 Å². The molecule has 0 heterocycles. The molecule has 0 aromatic heterocycles. The Bertz CT molecular complexity index is 1690. The molecule has 2 amide bonds. The summed E-state index contributed by atoms with van der Waals surface area (Å²) < 4.78 is 29.7. The predicted octanol–water partition coefficient (Wildman–Crippen LogP) is 6.57. The third-order valence-electron chi connectivity index (χ3n) is 7.50. The maximum atomic E-state index is 14.6. The lowest BCUT2D eigenvalue weighted by atomic mass is 10.0. The van der Waals surface area contributed by atoms with Gasteiger partial charge in [-0.2, -0.15) is 0 Å². The number of nitrogens with one attached hydrogen (secondary N) is 1. The largest absolute Gasteiger partial charge is 0.352 e. The van der Waals surface area contributed by atoms with Crippen molar-refractivity contribution in [3.8, 4) is 0 Å². The summed E-state index contributed by atoms with van der Waals surface area (Å²) in [6, 6.07) is 29.2. The quantitative estimate of drug-likeness (QED) is 0.178. The van der Waals surface area contributed by atoms with Crippen LogP contribution in [0.1, 0.15) is 43.0 Å². The minimum absolute atomic E-state index is 0.0763. The normalized spacial score (nSPS) is 12.0. The van der Waals surface area contributed by atoms with Crippen LogP contribution in [0.4, 0.5) is 5.69 Å². The van der Waals surface area contributed by atoms with Gasteiger partial charge in [0.25, 0.3) is 10.0 Å². The molecular weight excluding hydrogens is 606 g/mol. The molecule has 0 bridgehead atoms. The molecule has 0 aliphatic carbocycles. The molecule has 236 valence electrons. The molecule has 0 aliphatic heterocycles. The van der Waals surface area contributed by atoms with Crippen LogP contribution in [0.15, 0.2) is 108 Å². The van der Waals surface area contributed by atoms with Gasteiger partial charge in [0.15, 0.2) is 0 Å².